The molecule has 2 amide bonds. The van der Waals surface area contributed by atoms with E-state index < -0.39 is 24.0 Å². The van der Waals surface area contributed by atoms with Gasteiger partial charge in [-0.25, -0.2) is 4.79 Å². The van der Waals surface area contributed by atoms with Crippen LogP contribution in [0.15, 0.2) is 103 Å². The van der Waals surface area contributed by atoms with E-state index in [4.69, 9.17) is 21.1 Å². The number of aliphatic hydroxyl groups is 2. The Morgan fingerprint density at radius 2 is 1.50 bits per heavy atom. The maximum absolute atomic E-state index is 12.7. The van der Waals surface area contributed by atoms with Crippen LogP contribution in [-0.4, -0.2) is 58.7 Å². The lowest BCUT2D eigenvalue weighted by Gasteiger charge is -2.45. The summed E-state index contributed by atoms with van der Waals surface area (Å²) in [4.78, 5) is 27.3. The van der Waals surface area contributed by atoms with Crippen LogP contribution < -0.4 is 10.6 Å². The highest BCUT2D eigenvalue weighted by Crippen LogP contribution is 2.42. The van der Waals surface area contributed by atoms with Crippen LogP contribution in [0.2, 0.25) is 5.02 Å². The zero-order chi connectivity index (χ0) is 36.7. The molecule has 2 fully saturated rings. The summed E-state index contributed by atoms with van der Waals surface area (Å²) in [6, 6.07) is 31.7. The van der Waals surface area contributed by atoms with Gasteiger partial charge in [0.25, 0.3) is 0 Å². The molecule has 274 valence electrons. The number of nitrogens with zero attached hydrogens (tertiary/aromatic N) is 1. The smallest absolute Gasteiger partial charge is 0.315 e. The Bertz CT molecular complexity index is 1760. The van der Waals surface area contributed by atoms with Crippen molar-refractivity contribution in [3.8, 4) is 0 Å². The Hall–Kier alpha value is -4.09. The second-order valence-electron chi connectivity index (χ2n) is 14.1. The molecule has 2 aliphatic rings. The summed E-state index contributed by atoms with van der Waals surface area (Å²) < 4.78 is 13.3. The Kier molecular flexibility index (Phi) is 12.4. The average Bonchev–Trinajstić information content (AvgIpc) is 3.16. The first-order chi connectivity index (χ1) is 25.1. The van der Waals surface area contributed by atoms with Gasteiger partial charge in [0.05, 0.1) is 30.5 Å². The lowest BCUT2D eigenvalue weighted by molar-refractivity contribution is -0.277. The number of carbonyl (C=O) groups excluding carboxylic acids is 2. The molecule has 10 heteroatoms. The lowest BCUT2D eigenvalue weighted by atomic mass is 9.84. The maximum atomic E-state index is 12.7. The number of Topliss-reactive ketones (excluding diaryl/α,β-unsaturated/α-hetero) is 1. The summed E-state index contributed by atoms with van der Waals surface area (Å²) >= 11 is 6.09. The maximum Gasteiger partial charge on any atom is 0.315 e. The van der Waals surface area contributed by atoms with Gasteiger partial charge in [0, 0.05) is 42.7 Å². The molecule has 4 N–H and O–H groups in total. The molecule has 6 rings (SSSR count). The Morgan fingerprint density at radius 3 is 2.13 bits per heavy atom. The lowest BCUT2D eigenvalue weighted by Crippen LogP contribution is -2.49. The third-order valence-electron chi connectivity index (χ3n) is 10.4. The first-order valence-electron chi connectivity index (χ1n) is 18.0. The van der Waals surface area contributed by atoms with E-state index in [2.05, 4.69) is 22.5 Å². The fraction of sp³-hybridized carbons (Fsp3) is 0.381. The van der Waals surface area contributed by atoms with Crippen LogP contribution in [0.3, 0.4) is 0 Å². The number of likely N-dealkylation sites (tertiary alicyclic amines) is 1. The Balaban J connectivity index is 1.10. The highest BCUT2D eigenvalue weighted by molar-refractivity contribution is 6.30. The number of hydrogen-bond acceptors (Lipinski definition) is 7. The van der Waals surface area contributed by atoms with Gasteiger partial charge in [0.1, 0.15) is 0 Å². The molecular formula is C42H48ClN3O6. The number of aliphatic hydroxyl groups excluding tert-OH is 1. The number of nitrogens with one attached hydrogen (secondary N) is 2. The molecule has 5 atom stereocenters. The highest BCUT2D eigenvalue weighted by Gasteiger charge is 2.41. The zero-order valence-electron chi connectivity index (χ0n) is 29.7. The molecule has 9 nitrogen and oxygen atoms in total. The van der Waals surface area contributed by atoms with E-state index in [1.807, 2.05) is 103 Å². The molecule has 0 aromatic heterocycles. The molecule has 2 heterocycles. The van der Waals surface area contributed by atoms with E-state index >= 15 is 0 Å². The van der Waals surface area contributed by atoms with Crippen molar-refractivity contribution in [3.63, 3.8) is 0 Å². The van der Waals surface area contributed by atoms with E-state index in [0.29, 0.717) is 30.8 Å². The minimum atomic E-state index is -0.892. The number of ether oxygens (including phenoxy) is 2. The minimum absolute atomic E-state index is 0.0241. The van der Waals surface area contributed by atoms with E-state index in [-0.39, 0.29) is 37.1 Å². The summed E-state index contributed by atoms with van der Waals surface area (Å²) in [5.41, 5.74) is 4.57. The number of piperidine rings is 1. The van der Waals surface area contributed by atoms with E-state index in [1.54, 1.807) is 0 Å². The Morgan fingerprint density at radius 1 is 0.865 bits per heavy atom. The summed E-state index contributed by atoms with van der Waals surface area (Å²) in [7, 11) is 0. The Labute approximate surface area is 310 Å². The monoisotopic (exact) mass is 725 g/mol. The average molecular weight is 726 g/mol. The number of benzene rings is 4. The fourth-order valence-electron chi connectivity index (χ4n) is 7.07. The molecule has 0 saturated carbocycles. The summed E-state index contributed by atoms with van der Waals surface area (Å²) in [5.74, 6) is -0.0816. The van der Waals surface area contributed by atoms with Crippen molar-refractivity contribution in [2.24, 2.45) is 5.92 Å². The second kappa shape index (κ2) is 17.2. The number of urea groups is 1. The third-order valence-corrected chi connectivity index (χ3v) is 10.7. The predicted molar refractivity (Wildman–Crippen MR) is 200 cm³/mol. The van der Waals surface area contributed by atoms with E-state index in [0.717, 1.165) is 46.5 Å². The highest BCUT2D eigenvalue weighted by atomic mass is 35.5. The van der Waals surface area contributed by atoms with Crippen LogP contribution in [0.4, 0.5) is 4.79 Å². The summed E-state index contributed by atoms with van der Waals surface area (Å²) in [5, 5.41) is 27.4. The predicted octanol–water partition coefficient (Wildman–Crippen LogP) is 6.61. The van der Waals surface area contributed by atoms with Crippen LogP contribution in [0.1, 0.15) is 72.5 Å². The van der Waals surface area contributed by atoms with Gasteiger partial charge < -0.3 is 35.2 Å². The van der Waals surface area contributed by atoms with Gasteiger partial charge in [-0.3, -0.25) is 4.79 Å². The zero-order valence-corrected chi connectivity index (χ0v) is 30.5. The minimum Gasteiger partial charge on any atom is -0.392 e. The quantitative estimate of drug-likeness (QED) is 0.130. The van der Waals surface area contributed by atoms with Crippen molar-refractivity contribution in [1.29, 1.82) is 0 Å². The largest absolute Gasteiger partial charge is 0.392 e. The molecule has 2 aliphatic heterocycles. The molecule has 52 heavy (non-hydrogen) atoms. The second-order valence-corrected chi connectivity index (χ2v) is 14.5. The first-order valence-corrected chi connectivity index (χ1v) is 18.4. The van der Waals surface area contributed by atoms with Crippen LogP contribution in [-0.2, 0) is 39.4 Å². The topological polar surface area (TPSA) is 120 Å². The molecule has 4 aromatic rings. The van der Waals surface area contributed by atoms with E-state index in [1.165, 1.54) is 6.92 Å². The number of hydrogen-bond donors (Lipinski definition) is 4. The standard InChI is InChI=1S/C42H48ClN3O6/c1-28-38(26-46-22-20-42(50,21-23-46)35-16-18-36(43)19-17-35)51-40(52-39(28)33-12-10-32(27-47)11-13-33)34-14-8-31(9-15-34)25-44-41(49)45-37(29(2)48)24-30-6-4-3-5-7-30/h3-19,28,37-40,47,50H,20-27H2,1-2H3,(H2,44,45,49)/t28-,37+,38+,39+,40?/m0/s1. The molecule has 2 saturated heterocycles. The third kappa shape index (κ3) is 9.46. The van der Waals surface area contributed by atoms with Gasteiger partial charge in [0.2, 0.25) is 0 Å². The van der Waals surface area contributed by atoms with Crippen molar-refractivity contribution < 1.29 is 29.3 Å². The fourth-order valence-corrected chi connectivity index (χ4v) is 7.19. The molecule has 0 radical (unpaired) electrons. The molecule has 0 bridgehead atoms. The normalized spacial score (nSPS) is 22.3. The van der Waals surface area contributed by atoms with Crippen LogP contribution in [0.5, 0.6) is 0 Å². The number of ketones is 1. The number of halogens is 1. The van der Waals surface area contributed by atoms with Gasteiger partial charge in [-0.2, -0.15) is 0 Å². The van der Waals surface area contributed by atoms with Crippen LogP contribution in [0.25, 0.3) is 0 Å². The molecule has 0 aliphatic carbocycles. The van der Waals surface area contributed by atoms with Gasteiger partial charge in [-0.05, 0) is 66.1 Å². The van der Waals surface area contributed by atoms with Crippen molar-refractivity contribution >= 4 is 23.4 Å². The molecule has 1 unspecified atom stereocenters. The molecule has 0 spiro atoms. The van der Waals surface area contributed by atoms with Gasteiger partial charge in [0.15, 0.2) is 12.1 Å². The molecular weight excluding hydrogens is 678 g/mol. The van der Waals surface area contributed by atoms with Crippen LogP contribution >= 0.6 is 11.6 Å². The SMILES string of the molecule is CC(=O)[C@@H](Cc1ccccc1)NC(=O)NCc1ccc(C2O[C@H](CN3CCC(O)(c4ccc(Cl)cc4)CC3)[C@H](C)[C@H](c3ccc(CO)cc3)O2)cc1. The number of amides is 2. The molecule has 4 aromatic carbocycles. The summed E-state index contributed by atoms with van der Waals surface area (Å²) in [6.45, 7) is 6.02. The van der Waals surface area contributed by atoms with Gasteiger partial charge in [-0.15, -0.1) is 0 Å². The van der Waals surface area contributed by atoms with Crippen molar-refractivity contribution in [2.75, 3.05) is 19.6 Å². The van der Waals surface area contributed by atoms with Gasteiger partial charge >= 0.3 is 6.03 Å². The van der Waals surface area contributed by atoms with E-state index in [9.17, 15) is 19.8 Å². The van der Waals surface area contributed by atoms with Crippen LogP contribution in [0, 0.1) is 5.92 Å². The summed E-state index contributed by atoms with van der Waals surface area (Å²) in [6.07, 6.45) is 0.615. The first kappa shape index (κ1) is 37.7. The number of carbonyl (C=O) groups is 2. The number of rotatable bonds is 12. The van der Waals surface area contributed by atoms with Gasteiger partial charge in [-0.1, -0.05) is 110 Å². The van der Waals surface area contributed by atoms with Crippen molar-refractivity contribution in [2.45, 2.75) is 76.4 Å². The van der Waals surface area contributed by atoms with Crippen molar-refractivity contribution in [3.05, 3.63) is 142 Å². The van der Waals surface area contributed by atoms with Crippen molar-refractivity contribution in [1.82, 2.24) is 15.5 Å².